The van der Waals surface area contributed by atoms with Gasteiger partial charge in [0.1, 0.15) is 5.69 Å². The van der Waals surface area contributed by atoms with Crippen molar-refractivity contribution in [2.24, 2.45) is 0 Å². The van der Waals surface area contributed by atoms with E-state index in [0.717, 1.165) is 11.1 Å². The summed E-state index contributed by atoms with van der Waals surface area (Å²) in [6, 6.07) is 1.46. The van der Waals surface area contributed by atoms with Gasteiger partial charge in [-0.05, 0) is 30.0 Å². The Bertz CT molecular complexity index is 295. The van der Waals surface area contributed by atoms with Gasteiger partial charge in [-0.1, -0.05) is 13.8 Å². The Morgan fingerprint density at radius 2 is 1.92 bits per heavy atom. The van der Waals surface area contributed by atoms with Crippen LogP contribution >= 0.6 is 0 Å². The van der Waals surface area contributed by atoms with E-state index in [1.165, 1.54) is 6.07 Å². The monoisotopic (exact) mass is 185 g/mol. The highest BCUT2D eigenvalue weighted by atomic mass is 19.3. The van der Waals surface area contributed by atoms with Crippen molar-refractivity contribution in [2.45, 2.75) is 33.1 Å². The molecule has 0 saturated heterocycles. The van der Waals surface area contributed by atoms with Crippen LogP contribution in [0.2, 0.25) is 0 Å². The molecule has 0 unspecified atom stereocenters. The number of hydrogen-bond acceptors (Lipinski definition) is 1. The summed E-state index contributed by atoms with van der Waals surface area (Å²) in [5, 5.41) is 0. The highest BCUT2D eigenvalue weighted by Crippen LogP contribution is 2.22. The number of halogens is 2. The van der Waals surface area contributed by atoms with E-state index in [2.05, 4.69) is 4.98 Å². The molecule has 0 aliphatic carbocycles. The molecule has 0 radical (unpaired) electrons. The van der Waals surface area contributed by atoms with Gasteiger partial charge in [0.25, 0.3) is 6.43 Å². The molecule has 0 N–H and O–H groups in total. The number of rotatable bonds is 2. The Labute approximate surface area is 76.8 Å². The van der Waals surface area contributed by atoms with Gasteiger partial charge >= 0.3 is 0 Å². The van der Waals surface area contributed by atoms with Crippen LogP contribution in [0.5, 0.6) is 0 Å². The molecule has 0 aliphatic heterocycles. The van der Waals surface area contributed by atoms with Crippen LogP contribution in [0, 0.1) is 6.92 Å². The SMILES string of the molecule is Cc1cc(C(F)F)ncc1C(C)C. The number of nitrogens with zero attached hydrogens (tertiary/aromatic N) is 1. The van der Waals surface area contributed by atoms with Crippen LogP contribution in [0.1, 0.15) is 43.0 Å². The van der Waals surface area contributed by atoms with Crippen LogP contribution < -0.4 is 0 Å². The summed E-state index contributed by atoms with van der Waals surface area (Å²) >= 11 is 0. The van der Waals surface area contributed by atoms with E-state index in [9.17, 15) is 8.78 Å². The minimum atomic E-state index is -2.47. The molecule has 1 heterocycles. The minimum absolute atomic E-state index is 0.137. The van der Waals surface area contributed by atoms with Gasteiger partial charge in [-0.15, -0.1) is 0 Å². The molecule has 0 amide bonds. The van der Waals surface area contributed by atoms with Crippen molar-refractivity contribution in [2.75, 3.05) is 0 Å². The molecule has 0 spiro atoms. The molecule has 13 heavy (non-hydrogen) atoms. The molecular weight excluding hydrogens is 172 g/mol. The van der Waals surface area contributed by atoms with Crippen molar-refractivity contribution in [3.63, 3.8) is 0 Å². The number of hydrogen-bond donors (Lipinski definition) is 0. The van der Waals surface area contributed by atoms with Gasteiger partial charge < -0.3 is 0 Å². The van der Waals surface area contributed by atoms with Crippen molar-refractivity contribution in [3.8, 4) is 0 Å². The van der Waals surface area contributed by atoms with E-state index >= 15 is 0 Å². The normalized spacial score (nSPS) is 11.3. The molecule has 0 aliphatic rings. The van der Waals surface area contributed by atoms with Gasteiger partial charge in [0.05, 0.1) is 0 Å². The third kappa shape index (κ3) is 2.23. The largest absolute Gasteiger partial charge is 0.280 e. The molecule has 1 aromatic rings. The van der Waals surface area contributed by atoms with E-state index in [0.29, 0.717) is 5.92 Å². The van der Waals surface area contributed by atoms with Crippen molar-refractivity contribution >= 4 is 0 Å². The van der Waals surface area contributed by atoms with Crippen LogP contribution in [0.25, 0.3) is 0 Å². The summed E-state index contributed by atoms with van der Waals surface area (Å²) in [5.74, 6) is 0.333. The average molecular weight is 185 g/mol. The fourth-order valence-electron chi connectivity index (χ4n) is 1.31. The van der Waals surface area contributed by atoms with Crippen molar-refractivity contribution < 1.29 is 8.78 Å². The first-order chi connectivity index (χ1) is 6.02. The van der Waals surface area contributed by atoms with Crippen LogP contribution in [0.3, 0.4) is 0 Å². The molecule has 1 rings (SSSR count). The Kier molecular flexibility index (Phi) is 2.96. The standard InChI is InChI=1S/C10H13F2N/c1-6(2)8-5-13-9(10(11)12)4-7(8)3/h4-6,10H,1-3H3. The highest BCUT2D eigenvalue weighted by molar-refractivity contribution is 5.28. The highest BCUT2D eigenvalue weighted by Gasteiger charge is 2.11. The van der Waals surface area contributed by atoms with E-state index < -0.39 is 6.43 Å². The molecular formula is C10H13F2N. The molecule has 0 atom stereocenters. The average Bonchev–Trinajstić information content (AvgIpc) is 2.03. The maximum absolute atomic E-state index is 12.2. The Morgan fingerprint density at radius 3 is 2.31 bits per heavy atom. The van der Waals surface area contributed by atoms with Crippen molar-refractivity contribution in [3.05, 3.63) is 29.1 Å². The second-order valence-electron chi connectivity index (χ2n) is 3.42. The fourth-order valence-corrected chi connectivity index (χ4v) is 1.31. The van der Waals surface area contributed by atoms with E-state index in [1.807, 2.05) is 20.8 Å². The third-order valence-corrected chi connectivity index (χ3v) is 2.02. The fraction of sp³-hybridized carbons (Fsp3) is 0.500. The second-order valence-corrected chi connectivity index (χ2v) is 3.42. The van der Waals surface area contributed by atoms with E-state index in [-0.39, 0.29) is 5.69 Å². The molecule has 3 heteroatoms. The molecule has 0 saturated carbocycles. The van der Waals surface area contributed by atoms with Crippen molar-refractivity contribution in [1.29, 1.82) is 0 Å². The Morgan fingerprint density at radius 1 is 1.31 bits per heavy atom. The van der Waals surface area contributed by atoms with Crippen LogP contribution in [-0.4, -0.2) is 4.98 Å². The molecule has 0 bridgehead atoms. The van der Waals surface area contributed by atoms with Gasteiger partial charge in [-0.3, -0.25) is 4.98 Å². The maximum atomic E-state index is 12.2. The third-order valence-electron chi connectivity index (χ3n) is 2.02. The molecule has 1 nitrogen and oxygen atoms in total. The van der Waals surface area contributed by atoms with Gasteiger partial charge in [-0.25, -0.2) is 8.78 Å². The molecule has 0 aromatic carbocycles. The zero-order valence-electron chi connectivity index (χ0n) is 8.01. The minimum Gasteiger partial charge on any atom is -0.255 e. The van der Waals surface area contributed by atoms with Crippen LogP contribution in [0.4, 0.5) is 8.78 Å². The lowest BCUT2D eigenvalue weighted by molar-refractivity contribution is 0.146. The number of alkyl halides is 2. The molecule has 0 fully saturated rings. The smallest absolute Gasteiger partial charge is 0.255 e. The lowest BCUT2D eigenvalue weighted by Gasteiger charge is -2.09. The van der Waals surface area contributed by atoms with E-state index in [4.69, 9.17) is 0 Å². The number of aryl methyl sites for hydroxylation is 1. The quantitative estimate of drug-likeness (QED) is 0.687. The van der Waals surface area contributed by atoms with Gasteiger partial charge in [0.2, 0.25) is 0 Å². The summed E-state index contributed by atoms with van der Waals surface area (Å²) < 4.78 is 24.4. The Hall–Kier alpha value is -0.990. The van der Waals surface area contributed by atoms with Crippen LogP contribution in [-0.2, 0) is 0 Å². The first kappa shape index (κ1) is 10.1. The summed E-state index contributed by atoms with van der Waals surface area (Å²) in [5.41, 5.74) is 1.78. The van der Waals surface area contributed by atoms with Gasteiger partial charge in [0.15, 0.2) is 0 Å². The van der Waals surface area contributed by atoms with E-state index in [1.54, 1.807) is 6.20 Å². The van der Waals surface area contributed by atoms with Crippen molar-refractivity contribution in [1.82, 2.24) is 4.98 Å². The van der Waals surface area contributed by atoms with Crippen LogP contribution in [0.15, 0.2) is 12.3 Å². The summed E-state index contributed by atoms with van der Waals surface area (Å²) in [7, 11) is 0. The molecule has 1 aromatic heterocycles. The summed E-state index contributed by atoms with van der Waals surface area (Å²) in [6.45, 7) is 5.88. The predicted molar refractivity (Wildman–Crippen MR) is 48.0 cm³/mol. The van der Waals surface area contributed by atoms with Gasteiger partial charge in [0, 0.05) is 6.20 Å². The lowest BCUT2D eigenvalue weighted by Crippen LogP contribution is -1.97. The number of pyridine rings is 1. The lowest BCUT2D eigenvalue weighted by atomic mass is 10.00. The maximum Gasteiger partial charge on any atom is 0.280 e. The predicted octanol–water partition coefficient (Wildman–Crippen LogP) is 3.45. The summed E-state index contributed by atoms with van der Waals surface area (Å²) in [6.07, 6.45) is -0.929. The first-order valence-electron chi connectivity index (χ1n) is 4.27. The Balaban J connectivity index is 3.06. The first-order valence-corrected chi connectivity index (χ1v) is 4.27. The zero-order chi connectivity index (χ0) is 10.0. The number of aromatic nitrogens is 1. The topological polar surface area (TPSA) is 12.9 Å². The zero-order valence-corrected chi connectivity index (χ0v) is 8.01. The second kappa shape index (κ2) is 3.81. The molecule has 72 valence electrons. The van der Waals surface area contributed by atoms with Gasteiger partial charge in [-0.2, -0.15) is 0 Å². The summed E-state index contributed by atoms with van der Waals surface area (Å²) in [4.78, 5) is 3.71.